The maximum Gasteiger partial charge on any atom is 0.146 e. The van der Waals surface area contributed by atoms with E-state index in [1.807, 2.05) is 18.5 Å². The van der Waals surface area contributed by atoms with Crippen molar-refractivity contribution in [2.75, 3.05) is 30.3 Å². The second-order valence-corrected chi connectivity index (χ2v) is 8.12. The van der Waals surface area contributed by atoms with Gasteiger partial charge in [-0.1, -0.05) is 18.5 Å². The number of nitrogens with zero attached hydrogens (tertiary/aromatic N) is 4. The topological polar surface area (TPSA) is 85.5 Å². The molecule has 1 saturated heterocycles. The van der Waals surface area contributed by atoms with Crippen molar-refractivity contribution in [2.24, 2.45) is 11.1 Å². The van der Waals surface area contributed by atoms with E-state index in [-0.39, 0.29) is 5.41 Å². The van der Waals surface area contributed by atoms with E-state index >= 15 is 0 Å². The van der Waals surface area contributed by atoms with Gasteiger partial charge in [-0.25, -0.2) is 9.97 Å². The molecule has 3 aromatic rings. The molecule has 0 saturated carbocycles. The van der Waals surface area contributed by atoms with Gasteiger partial charge < -0.3 is 16.4 Å². The number of hydrogen-bond acceptors (Lipinski definition) is 5. The summed E-state index contributed by atoms with van der Waals surface area (Å²) in [5.41, 5.74) is 16.0. The zero-order valence-corrected chi connectivity index (χ0v) is 16.5. The molecule has 0 aromatic carbocycles. The molecule has 3 aromatic heterocycles. The lowest BCUT2D eigenvalue weighted by Crippen LogP contribution is -2.42. The van der Waals surface area contributed by atoms with Gasteiger partial charge in [0.15, 0.2) is 0 Å². The molecule has 0 spiro atoms. The number of imidazole rings is 1. The quantitative estimate of drug-likeness (QED) is 0.721. The number of nitrogens with two attached hydrogens (primary N) is 2. The fraction of sp³-hybridized carbons (Fsp3) is 0.400. The van der Waals surface area contributed by atoms with E-state index in [1.165, 1.54) is 0 Å². The highest BCUT2D eigenvalue weighted by molar-refractivity contribution is 6.35. The van der Waals surface area contributed by atoms with E-state index < -0.39 is 0 Å². The van der Waals surface area contributed by atoms with Gasteiger partial charge in [0.1, 0.15) is 17.3 Å². The first-order valence-corrected chi connectivity index (χ1v) is 9.63. The Morgan fingerprint density at radius 1 is 1.22 bits per heavy atom. The first kappa shape index (κ1) is 18.1. The van der Waals surface area contributed by atoms with Crippen LogP contribution in [0.15, 0.2) is 30.7 Å². The number of aryl methyl sites for hydroxylation is 1. The number of fused-ring (bicyclic) bond motifs is 1. The minimum atomic E-state index is 0.238. The molecule has 1 aliphatic heterocycles. The largest absolute Gasteiger partial charge is 0.382 e. The standard InChI is InChI=1S/C20H25ClN6/c1-13-11-15(26-8-4-20(2,12-22)5-9-26)27-10-7-25-19(27)16(13)14-3-6-24-18(23)17(14)21/h3,6-7,10-11H,4-5,8-9,12,22H2,1-2H3,(H2,23,24). The number of aromatic nitrogens is 3. The smallest absolute Gasteiger partial charge is 0.146 e. The van der Waals surface area contributed by atoms with Crippen molar-refractivity contribution in [2.45, 2.75) is 26.7 Å². The first-order valence-electron chi connectivity index (χ1n) is 9.25. The van der Waals surface area contributed by atoms with E-state index in [2.05, 4.69) is 39.2 Å². The third-order valence-electron chi connectivity index (χ3n) is 5.82. The molecular formula is C20H25ClN6. The van der Waals surface area contributed by atoms with Crippen LogP contribution in [0.3, 0.4) is 0 Å². The molecular weight excluding hydrogens is 360 g/mol. The van der Waals surface area contributed by atoms with Gasteiger partial charge in [-0.15, -0.1) is 0 Å². The number of halogens is 1. The highest BCUT2D eigenvalue weighted by atomic mass is 35.5. The minimum Gasteiger partial charge on any atom is -0.382 e. The number of hydrogen-bond donors (Lipinski definition) is 2. The van der Waals surface area contributed by atoms with Gasteiger partial charge >= 0.3 is 0 Å². The van der Waals surface area contributed by atoms with Crippen LogP contribution in [-0.4, -0.2) is 34.0 Å². The van der Waals surface area contributed by atoms with Crippen LogP contribution in [0.25, 0.3) is 16.8 Å². The van der Waals surface area contributed by atoms with Gasteiger partial charge in [0.25, 0.3) is 0 Å². The fourth-order valence-electron chi connectivity index (χ4n) is 3.89. The Morgan fingerprint density at radius 3 is 2.67 bits per heavy atom. The van der Waals surface area contributed by atoms with Gasteiger partial charge in [0.2, 0.25) is 0 Å². The lowest BCUT2D eigenvalue weighted by atomic mass is 9.80. The summed E-state index contributed by atoms with van der Waals surface area (Å²) in [6, 6.07) is 4.10. The van der Waals surface area contributed by atoms with Gasteiger partial charge in [-0.3, -0.25) is 4.40 Å². The SMILES string of the molecule is Cc1cc(N2CCC(C)(CN)CC2)n2ccnc2c1-c1ccnc(N)c1Cl. The summed E-state index contributed by atoms with van der Waals surface area (Å²) in [5, 5.41) is 0.468. The Morgan fingerprint density at radius 2 is 1.96 bits per heavy atom. The molecule has 0 unspecified atom stereocenters. The summed E-state index contributed by atoms with van der Waals surface area (Å²) < 4.78 is 2.14. The second kappa shape index (κ2) is 6.69. The van der Waals surface area contributed by atoms with Crippen LogP contribution in [0.4, 0.5) is 11.6 Å². The molecule has 0 aliphatic carbocycles. The van der Waals surface area contributed by atoms with Crippen molar-refractivity contribution in [3.8, 4) is 11.1 Å². The number of pyridine rings is 2. The minimum absolute atomic E-state index is 0.238. The summed E-state index contributed by atoms with van der Waals surface area (Å²) in [6.45, 7) is 7.09. The maximum absolute atomic E-state index is 6.46. The molecule has 6 nitrogen and oxygen atoms in total. The Bertz CT molecular complexity index is 988. The monoisotopic (exact) mass is 384 g/mol. The Kier molecular flexibility index (Phi) is 4.48. The van der Waals surface area contributed by atoms with Gasteiger partial charge in [0.05, 0.1) is 5.02 Å². The van der Waals surface area contributed by atoms with E-state index in [4.69, 9.17) is 23.1 Å². The Balaban J connectivity index is 1.81. The van der Waals surface area contributed by atoms with Crippen molar-refractivity contribution >= 4 is 28.9 Å². The van der Waals surface area contributed by atoms with Crippen LogP contribution in [-0.2, 0) is 0 Å². The van der Waals surface area contributed by atoms with Crippen LogP contribution < -0.4 is 16.4 Å². The molecule has 0 amide bonds. The molecule has 4 N–H and O–H groups in total. The van der Waals surface area contributed by atoms with Crippen molar-refractivity contribution < 1.29 is 0 Å². The summed E-state index contributed by atoms with van der Waals surface area (Å²) in [7, 11) is 0. The maximum atomic E-state index is 6.46. The lowest BCUT2D eigenvalue weighted by Gasteiger charge is -2.40. The highest BCUT2D eigenvalue weighted by Crippen LogP contribution is 2.38. The third-order valence-corrected chi connectivity index (χ3v) is 6.22. The van der Waals surface area contributed by atoms with E-state index in [0.717, 1.165) is 60.6 Å². The average molecular weight is 385 g/mol. The van der Waals surface area contributed by atoms with Crippen LogP contribution in [0.2, 0.25) is 5.02 Å². The Hall–Kier alpha value is -2.31. The van der Waals surface area contributed by atoms with Crippen molar-refractivity contribution in [3.63, 3.8) is 0 Å². The molecule has 4 heterocycles. The molecule has 142 valence electrons. The number of anilines is 2. The van der Waals surface area contributed by atoms with E-state index in [1.54, 1.807) is 6.20 Å². The number of nitrogen functional groups attached to an aromatic ring is 1. The molecule has 0 bridgehead atoms. The number of rotatable bonds is 3. The van der Waals surface area contributed by atoms with E-state index in [9.17, 15) is 0 Å². The number of piperidine rings is 1. The van der Waals surface area contributed by atoms with Gasteiger partial charge in [-0.2, -0.15) is 0 Å². The van der Waals surface area contributed by atoms with Gasteiger partial charge in [-0.05, 0) is 49.4 Å². The predicted molar refractivity (Wildman–Crippen MR) is 111 cm³/mol. The summed E-state index contributed by atoms with van der Waals surface area (Å²) >= 11 is 6.46. The second-order valence-electron chi connectivity index (χ2n) is 7.74. The predicted octanol–water partition coefficient (Wildman–Crippen LogP) is 3.51. The molecule has 27 heavy (non-hydrogen) atoms. The van der Waals surface area contributed by atoms with Crippen molar-refractivity contribution in [3.05, 3.63) is 41.3 Å². The lowest BCUT2D eigenvalue weighted by molar-refractivity contribution is 0.257. The van der Waals surface area contributed by atoms with Crippen molar-refractivity contribution in [1.82, 2.24) is 14.4 Å². The fourth-order valence-corrected chi connectivity index (χ4v) is 4.10. The zero-order chi connectivity index (χ0) is 19.2. The summed E-state index contributed by atoms with van der Waals surface area (Å²) in [4.78, 5) is 11.1. The van der Waals surface area contributed by atoms with E-state index in [0.29, 0.717) is 10.8 Å². The Labute approximate surface area is 164 Å². The van der Waals surface area contributed by atoms with Gasteiger partial charge in [0, 0.05) is 42.8 Å². The first-order chi connectivity index (χ1) is 12.9. The molecule has 7 heteroatoms. The van der Waals surface area contributed by atoms with Crippen LogP contribution in [0.1, 0.15) is 25.3 Å². The molecule has 1 fully saturated rings. The highest BCUT2D eigenvalue weighted by Gasteiger charge is 2.30. The molecule has 4 rings (SSSR count). The summed E-state index contributed by atoms with van der Waals surface area (Å²) in [5.74, 6) is 1.49. The molecule has 0 atom stereocenters. The normalized spacial score (nSPS) is 16.8. The van der Waals surface area contributed by atoms with Crippen LogP contribution in [0, 0.1) is 12.3 Å². The zero-order valence-electron chi connectivity index (χ0n) is 15.7. The summed E-state index contributed by atoms with van der Waals surface area (Å²) in [6.07, 6.45) is 7.69. The average Bonchev–Trinajstić information content (AvgIpc) is 3.14. The van der Waals surface area contributed by atoms with Crippen LogP contribution in [0.5, 0.6) is 0 Å². The van der Waals surface area contributed by atoms with Crippen molar-refractivity contribution in [1.29, 1.82) is 0 Å². The third kappa shape index (κ3) is 3.03. The molecule has 1 aliphatic rings. The van der Waals surface area contributed by atoms with Crippen LogP contribution >= 0.6 is 11.6 Å². The molecule has 0 radical (unpaired) electrons.